The third-order valence-electron chi connectivity index (χ3n) is 2.58. The van der Waals surface area contributed by atoms with Crippen molar-refractivity contribution in [2.75, 3.05) is 11.9 Å². The molecule has 0 aliphatic heterocycles. The molecule has 0 spiro atoms. The monoisotopic (exact) mass is 286 g/mol. The average Bonchev–Trinajstić information content (AvgIpc) is 3.09. The van der Waals surface area contributed by atoms with E-state index in [1.165, 1.54) is 12.3 Å². The number of carbonyl (C=O) groups is 1. The van der Waals surface area contributed by atoms with Crippen LogP contribution in [0, 0.1) is 5.82 Å². The van der Waals surface area contributed by atoms with Crippen LogP contribution in [0.4, 0.5) is 4.39 Å². The lowest BCUT2D eigenvalue weighted by Crippen LogP contribution is -2.35. The second-order valence-corrected chi connectivity index (χ2v) is 4.57. The molecule has 16 heavy (non-hydrogen) atoms. The van der Waals surface area contributed by atoms with E-state index >= 15 is 0 Å². The second-order valence-electron chi connectivity index (χ2n) is 3.77. The fourth-order valence-electron chi connectivity index (χ4n) is 1.63. The Morgan fingerprint density at radius 2 is 2.38 bits per heavy atom. The third kappa shape index (κ3) is 2.40. The molecule has 1 amide bonds. The highest BCUT2D eigenvalue weighted by Gasteiger charge is 2.33. The zero-order valence-electron chi connectivity index (χ0n) is 8.70. The molecule has 1 aliphatic rings. The first-order chi connectivity index (χ1) is 7.74. The van der Waals surface area contributed by atoms with Crippen molar-refractivity contribution in [3.8, 4) is 0 Å². The minimum Gasteiger partial charge on any atom is -0.335 e. The van der Waals surface area contributed by atoms with E-state index in [0.29, 0.717) is 11.9 Å². The summed E-state index contributed by atoms with van der Waals surface area (Å²) in [6.45, 7) is 0.616. The van der Waals surface area contributed by atoms with Crippen LogP contribution in [0.2, 0.25) is 0 Å². The minimum absolute atomic E-state index is 0.114. The van der Waals surface area contributed by atoms with E-state index in [1.807, 2.05) is 0 Å². The maximum Gasteiger partial charge on any atom is 0.257 e. The Kier molecular flexibility index (Phi) is 3.53. The summed E-state index contributed by atoms with van der Waals surface area (Å²) >= 11 is 3.31. The molecule has 1 aliphatic carbocycles. The van der Waals surface area contributed by atoms with Crippen LogP contribution < -0.4 is 0 Å². The van der Waals surface area contributed by atoms with Crippen LogP contribution in [0.1, 0.15) is 23.2 Å². The van der Waals surface area contributed by atoms with Gasteiger partial charge in [-0.2, -0.15) is 0 Å². The largest absolute Gasteiger partial charge is 0.335 e. The Hall–Kier alpha value is -0.970. The van der Waals surface area contributed by atoms with E-state index in [4.69, 9.17) is 0 Å². The van der Waals surface area contributed by atoms with E-state index < -0.39 is 5.82 Å². The summed E-state index contributed by atoms with van der Waals surface area (Å²) in [5.74, 6) is -0.783. The van der Waals surface area contributed by atoms with Crippen LogP contribution in [-0.2, 0) is 0 Å². The molecular formula is C11H12BrFN2O. The first-order valence-electron chi connectivity index (χ1n) is 5.20. The molecular weight excluding hydrogens is 275 g/mol. The van der Waals surface area contributed by atoms with Crippen molar-refractivity contribution in [2.45, 2.75) is 18.9 Å². The molecule has 1 aromatic heterocycles. The van der Waals surface area contributed by atoms with Crippen molar-refractivity contribution in [1.82, 2.24) is 9.88 Å². The second kappa shape index (κ2) is 4.91. The van der Waals surface area contributed by atoms with Gasteiger partial charge in [0, 0.05) is 24.1 Å². The molecule has 0 bridgehead atoms. The van der Waals surface area contributed by atoms with E-state index in [1.54, 1.807) is 4.90 Å². The lowest BCUT2D eigenvalue weighted by molar-refractivity contribution is 0.0750. The SMILES string of the molecule is O=C(c1ccncc1F)N(CCBr)C1CC1. The predicted molar refractivity (Wildman–Crippen MR) is 62.0 cm³/mol. The number of alkyl halides is 1. The number of hydrogen-bond acceptors (Lipinski definition) is 2. The molecule has 1 saturated carbocycles. The molecule has 0 unspecified atom stereocenters. The fourth-order valence-corrected chi connectivity index (χ4v) is 2.01. The molecule has 86 valence electrons. The normalized spacial score (nSPS) is 14.9. The molecule has 5 heteroatoms. The third-order valence-corrected chi connectivity index (χ3v) is 2.93. The Labute approximate surface area is 102 Å². The van der Waals surface area contributed by atoms with Gasteiger partial charge in [-0.25, -0.2) is 4.39 Å². The Morgan fingerprint density at radius 3 is 2.94 bits per heavy atom. The Bertz CT molecular complexity index is 395. The summed E-state index contributed by atoms with van der Waals surface area (Å²) in [7, 11) is 0. The number of pyridine rings is 1. The van der Waals surface area contributed by atoms with E-state index in [9.17, 15) is 9.18 Å². The van der Waals surface area contributed by atoms with Crippen LogP contribution in [0.15, 0.2) is 18.5 Å². The van der Waals surface area contributed by atoms with Gasteiger partial charge >= 0.3 is 0 Å². The smallest absolute Gasteiger partial charge is 0.257 e. The highest BCUT2D eigenvalue weighted by atomic mass is 79.9. The maximum absolute atomic E-state index is 13.4. The molecule has 0 radical (unpaired) electrons. The number of rotatable bonds is 4. The standard InChI is InChI=1S/C11H12BrFN2O/c12-4-6-15(8-1-2-8)11(16)9-3-5-14-7-10(9)13/h3,5,7-8H,1-2,4,6H2. The molecule has 1 fully saturated rings. The van der Waals surface area contributed by atoms with E-state index in [0.717, 1.165) is 19.0 Å². The van der Waals surface area contributed by atoms with Crippen molar-refractivity contribution >= 4 is 21.8 Å². The predicted octanol–water partition coefficient (Wildman–Crippen LogP) is 2.22. The van der Waals surface area contributed by atoms with Crippen molar-refractivity contribution in [3.63, 3.8) is 0 Å². The van der Waals surface area contributed by atoms with Gasteiger partial charge in [-0.05, 0) is 18.9 Å². The summed E-state index contributed by atoms with van der Waals surface area (Å²) < 4.78 is 13.4. The van der Waals surface area contributed by atoms with Gasteiger partial charge in [0.2, 0.25) is 0 Å². The van der Waals surface area contributed by atoms with Gasteiger partial charge in [0.1, 0.15) is 0 Å². The highest BCUT2D eigenvalue weighted by molar-refractivity contribution is 9.09. The minimum atomic E-state index is -0.548. The lowest BCUT2D eigenvalue weighted by Gasteiger charge is -2.21. The van der Waals surface area contributed by atoms with Crippen molar-refractivity contribution in [1.29, 1.82) is 0 Å². The quantitative estimate of drug-likeness (QED) is 0.796. The van der Waals surface area contributed by atoms with Gasteiger partial charge in [-0.1, -0.05) is 15.9 Å². The van der Waals surface area contributed by atoms with Gasteiger partial charge in [0.25, 0.3) is 5.91 Å². The van der Waals surface area contributed by atoms with Gasteiger partial charge < -0.3 is 4.90 Å². The molecule has 0 aromatic carbocycles. The summed E-state index contributed by atoms with van der Waals surface area (Å²) in [5.41, 5.74) is 0.114. The Morgan fingerprint density at radius 1 is 1.62 bits per heavy atom. The van der Waals surface area contributed by atoms with Crippen molar-refractivity contribution in [2.24, 2.45) is 0 Å². The zero-order valence-corrected chi connectivity index (χ0v) is 10.3. The number of carbonyl (C=O) groups excluding carboxylic acids is 1. The van der Waals surface area contributed by atoms with Gasteiger partial charge in [0.05, 0.1) is 11.8 Å². The van der Waals surface area contributed by atoms with Crippen molar-refractivity contribution < 1.29 is 9.18 Å². The summed E-state index contributed by atoms with van der Waals surface area (Å²) in [5, 5.41) is 0.710. The van der Waals surface area contributed by atoms with Gasteiger partial charge in [-0.15, -0.1) is 0 Å². The van der Waals surface area contributed by atoms with Crippen LogP contribution in [0.5, 0.6) is 0 Å². The van der Waals surface area contributed by atoms with Crippen LogP contribution in [0.3, 0.4) is 0 Å². The lowest BCUT2D eigenvalue weighted by atomic mass is 10.2. The number of halogens is 2. The molecule has 0 atom stereocenters. The number of nitrogens with zero attached hydrogens (tertiary/aromatic N) is 2. The highest BCUT2D eigenvalue weighted by Crippen LogP contribution is 2.28. The van der Waals surface area contributed by atoms with Gasteiger partial charge in [0.15, 0.2) is 5.82 Å². The zero-order chi connectivity index (χ0) is 11.5. The molecule has 1 aromatic rings. The van der Waals surface area contributed by atoms with Crippen molar-refractivity contribution in [3.05, 3.63) is 29.8 Å². The average molecular weight is 287 g/mol. The number of amides is 1. The molecule has 3 nitrogen and oxygen atoms in total. The van der Waals surface area contributed by atoms with E-state index in [2.05, 4.69) is 20.9 Å². The molecule has 0 saturated heterocycles. The number of aromatic nitrogens is 1. The van der Waals surface area contributed by atoms with E-state index in [-0.39, 0.29) is 17.5 Å². The fraction of sp³-hybridized carbons (Fsp3) is 0.455. The number of hydrogen-bond donors (Lipinski definition) is 0. The maximum atomic E-state index is 13.4. The summed E-state index contributed by atoms with van der Waals surface area (Å²) in [6, 6.07) is 1.72. The molecule has 0 N–H and O–H groups in total. The first kappa shape index (κ1) is 11.5. The van der Waals surface area contributed by atoms with Gasteiger partial charge in [-0.3, -0.25) is 9.78 Å². The van der Waals surface area contributed by atoms with Crippen LogP contribution >= 0.6 is 15.9 Å². The molecule has 1 heterocycles. The topological polar surface area (TPSA) is 33.2 Å². The summed E-state index contributed by atoms with van der Waals surface area (Å²) in [6.07, 6.45) is 4.55. The van der Waals surface area contributed by atoms with Crippen LogP contribution in [0.25, 0.3) is 0 Å². The summed E-state index contributed by atoms with van der Waals surface area (Å²) in [4.78, 5) is 17.4. The Balaban J connectivity index is 2.19. The first-order valence-corrected chi connectivity index (χ1v) is 6.32. The van der Waals surface area contributed by atoms with Crippen LogP contribution in [-0.4, -0.2) is 33.7 Å². The molecule has 2 rings (SSSR count).